The molecule has 0 saturated carbocycles. The van der Waals surface area contributed by atoms with Crippen LogP contribution in [0.1, 0.15) is 36.8 Å². The first kappa shape index (κ1) is 29.3. The van der Waals surface area contributed by atoms with Crippen molar-refractivity contribution < 1.29 is 17.9 Å². The third-order valence-corrected chi connectivity index (χ3v) is 8.05. The summed E-state index contributed by atoms with van der Waals surface area (Å²) in [7, 11) is -3.33. The summed E-state index contributed by atoms with van der Waals surface area (Å²) >= 11 is 0. The van der Waals surface area contributed by atoms with Gasteiger partial charge in [0, 0.05) is 49.3 Å². The molecule has 9 heteroatoms. The molecule has 4 aromatic rings. The van der Waals surface area contributed by atoms with Crippen LogP contribution in [-0.2, 0) is 21.4 Å². The highest BCUT2D eigenvalue weighted by Gasteiger charge is 2.32. The summed E-state index contributed by atoms with van der Waals surface area (Å²) < 4.78 is 31.0. The number of hydrogen-bond donors (Lipinski definition) is 1. The number of hydrogen-bond acceptors (Lipinski definition) is 6. The molecule has 1 atom stereocenters. The molecule has 1 aromatic heterocycles. The number of amides is 1. The van der Waals surface area contributed by atoms with E-state index in [1.54, 1.807) is 24.3 Å². The zero-order valence-corrected chi connectivity index (χ0v) is 24.7. The summed E-state index contributed by atoms with van der Waals surface area (Å²) in [5, 5.41) is 0. The Morgan fingerprint density at radius 3 is 2.19 bits per heavy atom. The second kappa shape index (κ2) is 13.2. The summed E-state index contributed by atoms with van der Waals surface area (Å²) in [6, 6.07) is 30.6. The van der Waals surface area contributed by atoms with Crippen LogP contribution in [0, 0.1) is 0 Å². The molecule has 5 rings (SSSR count). The van der Waals surface area contributed by atoms with Crippen LogP contribution in [-0.4, -0.2) is 49.6 Å². The number of aromatic nitrogens is 1. The Morgan fingerprint density at radius 1 is 0.952 bits per heavy atom. The fourth-order valence-corrected chi connectivity index (χ4v) is 5.85. The Hall–Kier alpha value is -4.21. The average molecular weight is 585 g/mol. The van der Waals surface area contributed by atoms with E-state index in [9.17, 15) is 13.2 Å². The Bertz CT molecular complexity index is 1560. The predicted molar refractivity (Wildman–Crippen MR) is 166 cm³/mol. The minimum Gasteiger partial charge on any atom is -0.439 e. The van der Waals surface area contributed by atoms with Crippen molar-refractivity contribution in [1.29, 1.82) is 0 Å². The minimum absolute atomic E-state index is 0.131. The molecule has 2 heterocycles. The number of rotatable bonds is 10. The SMILES string of the molecule is CC(C(=O)N(c1ccccc1)C1CCN(Cc2ccc(Oc3ccc(NS(C)(=O)=O)cc3)nc2)CC1)c1ccccc1. The number of likely N-dealkylation sites (tertiary alicyclic amines) is 1. The maximum atomic E-state index is 13.8. The van der Waals surface area contributed by atoms with E-state index in [0.29, 0.717) is 17.3 Å². The lowest BCUT2D eigenvalue weighted by molar-refractivity contribution is -0.120. The highest BCUT2D eigenvalue weighted by Crippen LogP contribution is 2.29. The van der Waals surface area contributed by atoms with Crippen LogP contribution < -0.4 is 14.4 Å². The minimum atomic E-state index is -3.33. The zero-order valence-electron chi connectivity index (χ0n) is 23.9. The lowest BCUT2D eigenvalue weighted by Gasteiger charge is -2.39. The van der Waals surface area contributed by atoms with Crippen molar-refractivity contribution in [3.05, 3.63) is 114 Å². The summed E-state index contributed by atoms with van der Waals surface area (Å²) in [5.74, 6) is 0.937. The van der Waals surface area contributed by atoms with E-state index in [4.69, 9.17) is 4.74 Å². The number of para-hydroxylation sites is 1. The largest absolute Gasteiger partial charge is 0.439 e. The van der Waals surface area contributed by atoms with Gasteiger partial charge in [-0.2, -0.15) is 0 Å². The smallest absolute Gasteiger partial charge is 0.234 e. The van der Waals surface area contributed by atoms with Gasteiger partial charge < -0.3 is 9.64 Å². The normalized spacial score (nSPS) is 15.1. The number of nitrogens with one attached hydrogen (secondary N) is 1. The fraction of sp³-hybridized carbons (Fsp3) is 0.273. The maximum Gasteiger partial charge on any atom is 0.234 e. The maximum absolute atomic E-state index is 13.8. The molecular weight excluding hydrogens is 548 g/mol. The van der Waals surface area contributed by atoms with Gasteiger partial charge in [-0.1, -0.05) is 54.6 Å². The molecule has 218 valence electrons. The summed E-state index contributed by atoms with van der Waals surface area (Å²) in [5.41, 5.74) is 3.53. The monoisotopic (exact) mass is 584 g/mol. The Morgan fingerprint density at radius 2 is 1.60 bits per heavy atom. The molecule has 1 saturated heterocycles. The predicted octanol–water partition coefficient (Wildman–Crippen LogP) is 6.05. The average Bonchev–Trinajstić information content (AvgIpc) is 3.00. The number of ether oxygens (including phenoxy) is 1. The molecule has 1 N–H and O–H groups in total. The standard InChI is InChI=1S/C33H36N4O4S/c1-25(27-9-5-3-6-10-27)33(38)37(29-11-7-4-8-12-29)30-19-21-36(22-20-30)24-26-13-18-32(34-23-26)41-31-16-14-28(15-17-31)35-42(2,39)40/h3-18,23,25,30,35H,19-22,24H2,1-2H3. The lowest BCUT2D eigenvalue weighted by Crippen LogP contribution is -2.48. The van der Waals surface area contributed by atoms with Crippen LogP contribution in [0.4, 0.5) is 11.4 Å². The number of pyridine rings is 1. The molecule has 1 aliphatic rings. The number of carbonyl (C=O) groups excluding carboxylic acids is 1. The van der Waals surface area contributed by atoms with Gasteiger partial charge in [0.15, 0.2) is 0 Å². The van der Waals surface area contributed by atoms with E-state index in [0.717, 1.165) is 55.5 Å². The van der Waals surface area contributed by atoms with Gasteiger partial charge in [-0.25, -0.2) is 13.4 Å². The summed E-state index contributed by atoms with van der Waals surface area (Å²) in [6.45, 7) is 4.53. The van der Waals surface area contributed by atoms with Gasteiger partial charge in [0.1, 0.15) is 5.75 Å². The van der Waals surface area contributed by atoms with Gasteiger partial charge in [0.05, 0.1) is 12.2 Å². The van der Waals surface area contributed by atoms with Crippen molar-refractivity contribution in [2.45, 2.75) is 38.3 Å². The van der Waals surface area contributed by atoms with Gasteiger partial charge in [-0.3, -0.25) is 14.4 Å². The van der Waals surface area contributed by atoms with E-state index in [-0.39, 0.29) is 17.9 Å². The number of sulfonamides is 1. The Labute approximate surface area is 248 Å². The van der Waals surface area contributed by atoms with E-state index in [1.807, 2.05) is 90.8 Å². The third-order valence-electron chi connectivity index (χ3n) is 7.45. The first-order valence-electron chi connectivity index (χ1n) is 14.1. The van der Waals surface area contributed by atoms with E-state index in [1.165, 1.54) is 0 Å². The van der Waals surface area contributed by atoms with Crippen molar-refractivity contribution in [1.82, 2.24) is 9.88 Å². The molecular formula is C33H36N4O4S. The van der Waals surface area contributed by atoms with Crippen LogP contribution >= 0.6 is 0 Å². The molecule has 1 aliphatic heterocycles. The molecule has 1 amide bonds. The highest BCUT2D eigenvalue weighted by molar-refractivity contribution is 7.92. The van der Waals surface area contributed by atoms with Crippen LogP contribution in [0.5, 0.6) is 11.6 Å². The number of carbonyl (C=O) groups is 1. The van der Waals surface area contributed by atoms with E-state index >= 15 is 0 Å². The van der Waals surface area contributed by atoms with Crippen LogP contribution in [0.3, 0.4) is 0 Å². The summed E-state index contributed by atoms with van der Waals surface area (Å²) in [6.07, 6.45) is 4.71. The zero-order chi connectivity index (χ0) is 29.5. The van der Waals surface area contributed by atoms with Crippen molar-refractivity contribution in [2.24, 2.45) is 0 Å². The molecule has 42 heavy (non-hydrogen) atoms. The fourth-order valence-electron chi connectivity index (χ4n) is 5.28. The van der Waals surface area contributed by atoms with Crippen LogP contribution in [0.15, 0.2) is 103 Å². The van der Waals surface area contributed by atoms with Crippen molar-refractivity contribution in [3.8, 4) is 11.6 Å². The van der Waals surface area contributed by atoms with Crippen LogP contribution in [0.25, 0.3) is 0 Å². The van der Waals surface area contributed by atoms with Gasteiger partial charge in [-0.05, 0) is 67.3 Å². The second-order valence-corrected chi connectivity index (χ2v) is 12.4. The van der Waals surface area contributed by atoms with Crippen molar-refractivity contribution in [3.63, 3.8) is 0 Å². The van der Waals surface area contributed by atoms with Crippen molar-refractivity contribution >= 4 is 27.3 Å². The quantitative estimate of drug-likeness (QED) is 0.244. The van der Waals surface area contributed by atoms with Gasteiger partial charge in [0.25, 0.3) is 0 Å². The number of anilines is 2. The molecule has 1 unspecified atom stereocenters. The first-order chi connectivity index (χ1) is 20.2. The van der Waals surface area contributed by atoms with E-state index < -0.39 is 10.0 Å². The third kappa shape index (κ3) is 7.74. The second-order valence-electron chi connectivity index (χ2n) is 10.7. The molecule has 0 radical (unpaired) electrons. The van der Waals surface area contributed by atoms with Gasteiger partial charge in [0.2, 0.25) is 21.8 Å². The van der Waals surface area contributed by atoms with E-state index in [2.05, 4.69) is 14.6 Å². The Balaban J connectivity index is 1.18. The molecule has 3 aromatic carbocycles. The number of piperidine rings is 1. The molecule has 1 fully saturated rings. The van der Waals surface area contributed by atoms with Crippen molar-refractivity contribution in [2.75, 3.05) is 29.0 Å². The first-order valence-corrected chi connectivity index (χ1v) is 16.0. The number of nitrogens with zero attached hydrogens (tertiary/aromatic N) is 3. The van der Waals surface area contributed by atoms with Gasteiger partial charge in [-0.15, -0.1) is 0 Å². The molecule has 0 bridgehead atoms. The number of benzene rings is 3. The lowest BCUT2D eigenvalue weighted by atomic mass is 9.95. The molecule has 8 nitrogen and oxygen atoms in total. The van der Waals surface area contributed by atoms with Gasteiger partial charge >= 0.3 is 0 Å². The topological polar surface area (TPSA) is 91.8 Å². The van der Waals surface area contributed by atoms with Crippen LogP contribution in [0.2, 0.25) is 0 Å². The summed E-state index contributed by atoms with van der Waals surface area (Å²) in [4.78, 5) is 22.7. The highest BCUT2D eigenvalue weighted by atomic mass is 32.2. The Kier molecular flexibility index (Phi) is 9.19. The molecule has 0 spiro atoms. The molecule has 0 aliphatic carbocycles.